The first-order valence-corrected chi connectivity index (χ1v) is 8.46. The Labute approximate surface area is 122 Å². The summed E-state index contributed by atoms with van der Waals surface area (Å²) in [7, 11) is -1.63. The molecule has 2 N–H and O–H groups in total. The van der Waals surface area contributed by atoms with Gasteiger partial charge in [-0.3, -0.25) is 4.68 Å². The predicted molar refractivity (Wildman–Crippen MR) is 80.3 cm³/mol. The lowest BCUT2D eigenvalue weighted by molar-refractivity contribution is 0.471. The average Bonchev–Trinajstić information content (AvgIpc) is 2.60. The molecule has 0 radical (unpaired) electrons. The van der Waals surface area contributed by atoms with Crippen LogP contribution in [0.1, 0.15) is 31.7 Å². The number of aryl methyl sites for hydroxylation is 1. The smallest absolute Gasteiger partial charge is 0.244 e. The monoisotopic (exact) mass is 302 g/mol. The van der Waals surface area contributed by atoms with Gasteiger partial charge in [-0.2, -0.15) is 5.10 Å². The van der Waals surface area contributed by atoms with E-state index in [9.17, 15) is 8.42 Å². The van der Waals surface area contributed by atoms with Crippen molar-refractivity contribution < 1.29 is 8.42 Å². The first-order chi connectivity index (χ1) is 9.29. The number of rotatable bonds is 8. The van der Waals surface area contributed by atoms with Crippen molar-refractivity contribution in [2.24, 2.45) is 5.92 Å². The van der Waals surface area contributed by atoms with Crippen LogP contribution in [0.15, 0.2) is 4.90 Å². The molecule has 0 fully saturated rings. The third-order valence-electron chi connectivity index (χ3n) is 3.02. The summed E-state index contributed by atoms with van der Waals surface area (Å²) >= 11 is 0. The zero-order chi connectivity index (χ0) is 15.3. The maximum Gasteiger partial charge on any atom is 0.244 e. The highest BCUT2D eigenvalue weighted by molar-refractivity contribution is 7.89. The SMILES string of the molecule is CNCCCNS(=O)(=O)c1c(C)nn(CC(C)C)c1C. The van der Waals surface area contributed by atoms with Crippen LogP contribution in [-0.4, -0.2) is 38.3 Å². The summed E-state index contributed by atoms with van der Waals surface area (Å²) in [6, 6.07) is 0. The van der Waals surface area contributed by atoms with E-state index in [1.54, 1.807) is 11.6 Å². The highest BCUT2D eigenvalue weighted by Crippen LogP contribution is 2.20. The molecule has 1 heterocycles. The van der Waals surface area contributed by atoms with Gasteiger partial charge in [0, 0.05) is 13.1 Å². The molecule has 1 aromatic heterocycles. The minimum absolute atomic E-state index is 0.322. The van der Waals surface area contributed by atoms with Gasteiger partial charge >= 0.3 is 0 Å². The first-order valence-electron chi connectivity index (χ1n) is 6.98. The zero-order valence-electron chi connectivity index (χ0n) is 13.0. The average molecular weight is 302 g/mol. The molecule has 0 aromatic carbocycles. The second kappa shape index (κ2) is 7.19. The molecule has 0 amide bonds. The van der Waals surface area contributed by atoms with Gasteiger partial charge < -0.3 is 5.32 Å². The molecule has 0 aliphatic rings. The van der Waals surface area contributed by atoms with Gasteiger partial charge in [-0.15, -0.1) is 0 Å². The van der Waals surface area contributed by atoms with E-state index in [2.05, 4.69) is 29.0 Å². The molecular weight excluding hydrogens is 276 g/mol. The lowest BCUT2D eigenvalue weighted by Gasteiger charge is -2.09. The fourth-order valence-corrected chi connectivity index (χ4v) is 3.62. The molecule has 0 aliphatic heterocycles. The molecule has 0 saturated heterocycles. The van der Waals surface area contributed by atoms with Crippen molar-refractivity contribution in [3.8, 4) is 0 Å². The van der Waals surface area contributed by atoms with E-state index < -0.39 is 10.0 Å². The molecule has 1 aromatic rings. The zero-order valence-corrected chi connectivity index (χ0v) is 13.8. The van der Waals surface area contributed by atoms with Gasteiger partial charge in [0.25, 0.3) is 0 Å². The number of hydrogen-bond donors (Lipinski definition) is 2. The van der Waals surface area contributed by atoms with E-state index in [1.807, 2.05) is 14.0 Å². The molecule has 0 atom stereocenters. The van der Waals surface area contributed by atoms with E-state index in [0.29, 0.717) is 28.7 Å². The quantitative estimate of drug-likeness (QED) is 0.704. The first kappa shape index (κ1) is 17.1. The molecule has 0 bridgehead atoms. The fourth-order valence-electron chi connectivity index (χ4n) is 2.14. The molecule has 1 rings (SSSR count). The maximum atomic E-state index is 12.4. The van der Waals surface area contributed by atoms with Crippen molar-refractivity contribution in [1.29, 1.82) is 0 Å². The van der Waals surface area contributed by atoms with Crippen LogP contribution >= 0.6 is 0 Å². The predicted octanol–water partition coefficient (Wildman–Crippen LogP) is 1.04. The summed E-state index contributed by atoms with van der Waals surface area (Å²) in [5.41, 5.74) is 1.27. The Morgan fingerprint density at radius 1 is 1.25 bits per heavy atom. The van der Waals surface area contributed by atoms with Crippen molar-refractivity contribution in [3.63, 3.8) is 0 Å². The topological polar surface area (TPSA) is 76.0 Å². The highest BCUT2D eigenvalue weighted by atomic mass is 32.2. The Morgan fingerprint density at radius 2 is 1.90 bits per heavy atom. The van der Waals surface area contributed by atoms with Crippen LogP contribution in [0.5, 0.6) is 0 Å². The molecule has 20 heavy (non-hydrogen) atoms. The summed E-state index contributed by atoms with van der Waals surface area (Å²) in [6.07, 6.45) is 0.758. The van der Waals surface area contributed by atoms with E-state index in [4.69, 9.17) is 0 Å². The lowest BCUT2D eigenvalue weighted by Crippen LogP contribution is -2.27. The summed E-state index contributed by atoms with van der Waals surface area (Å²) < 4.78 is 29.1. The third-order valence-corrected chi connectivity index (χ3v) is 4.73. The largest absolute Gasteiger partial charge is 0.320 e. The molecular formula is C13H26N4O2S. The van der Waals surface area contributed by atoms with Crippen molar-refractivity contribution >= 4 is 10.0 Å². The van der Waals surface area contributed by atoms with Gasteiger partial charge in [0.05, 0.1) is 11.4 Å². The van der Waals surface area contributed by atoms with Crippen LogP contribution in [0.4, 0.5) is 0 Å². The van der Waals surface area contributed by atoms with E-state index in [-0.39, 0.29) is 0 Å². The van der Waals surface area contributed by atoms with E-state index >= 15 is 0 Å². The van der Waals surface area contributed by atoms with Gasteiger partial charge in [-0.25, -0.2) is 13.1 Å². The number of sulfonamides is 1. The molecule has 0 saturated carbocycles. The van der Waals surface area contributed by atoms with Crippen LogP contribution in [0.3, 0.4) is 0 Å². The van der Waals surface area contributed by atoms with Gasteiger partial charge in [-0.1, -0.05) is 13.8 Å². The van der Waals surface area contributed by atoms with Gasteiger partial charge in [0.1, 0.15) is 4.90 Å². The van der Waals surface area contributed by atoms with Crippen molar-refractivity contribution in [1.82, 2.24) is 19.8 Å². The van der Waals surface area contributed by atoms with Crippen molar-refractivity contribution in [2.45, 2.75) is 45.6 Å². The van der Waals surface area contributed by atoms with Crippen LogP contribution in [0, 0.1) is 19.8 Å². The van der Waals surface area contributed by atoms with Crippen LogP contribution in [-0.2, 0) is 16.6 Å². The molecule has 0 aliphatic carbocycles. The minimum atomic E-state index is -3.48. The Bertz CT molecular complexity index is 535. The lowest BCUT2D eigenvalue weighted by atomic mass is 10.2. The van der Waals surface area contributed by atoms with Crippen LogP contribution in [0.25, 0.3) is 0 Å². The maximum absolute atomic E-state index is 12.4. The summed E-state index contributed by atoms with van der Waals surface area (Å²) in [6.45, 7) is 9.66. The summed E-state index contributed by atoms with van der Waals surface area (Å²) in [5.74, 6) is 0.423. The number of aromatic nitrogens is 2. The summed E-state index contributed by atoms with van der Waals surface area (Å²) in [5, 5.41) is 7.34. The second-order valence-electron chi connectivity index (χ2n) is 5.43. The third kappa shape index (κ3) is 4.29. The van der Waals surface area contributed by atoms with Gasteiger partial charge in [0.2, 0.25) is 10.0 Å². The molecule has 0 unspecified atom stereocenters. The molecule has 6 nitrogen and oxygen atoms in total. The molecule has 0 spiro atoms. The Hall–Kier alpha value is -0.920. The minimum Gasteiger partial charge on any atom is -0.320 e. The number of nitrogens with one attached hydrogen (secondary N) is 2. The number of nitrogens with zero attached hydrogens (tertiary/aromatic N) is 2. The second-order valence-corrected chi connectivity index (χ2v) is 7.13. The van der Waals surface area contributed by atoms with Crippen LogP contribution < -0.4 is 10.0 Å². The Balaban J connectivity index is 2.92. The van der Waals surface area contributed by atoms with Gasteiger partial charge in [0.15, 0.2) is 0 Å². The van der Waals surface area contributed by atoms with Gasteiger partial charge in [-0.05, 0) is 39.8 Å². The number of hydrogen-bond acceptors (Lipinski definition) is 4. The van der Waals surface area contributed by atoms with Crippen molar-refractivity contribution in [2.75, 3.05) is 20.1 Å². The standard InChI is InChI=1S/C13H26N4O2S/c1-10(2)9-17-12(4)13(11(3)16-17)20(18,19)15-8-6-7-14-5/h10,14-15H,6-9H2,1-5H3. The van der Waals surface area contributed by atoms with E-state index in [0.717, 1.165) is 19.5 Å². The molecule has 116 valence electrons. The molecule has 7 heteroatoms. The van der Waals surface area contributed by atoms with Crippen LogP contribution in [0.2, 0.25) is 0 Å². The Kier molecular flexibility index (Phi) is 6.16. The van der Waals surface area contributed by atoms with Crippen molar-refractivity contribution in [3.05, 3.63) is 11.4 Å². The Morgan fingerprint density at radius 3 is 2.45 bits per heavy atom. The summed E-state index contributed by atoms with van der Waals surface area (Å²) in [4.78, 5) is 0.322. The van der Waals surface area contributed by atoms with E-state index in [1.165, 1.54) is 0 Å². The fraction of sp³-hybridized carbons (Fsp3) is 0.769. The highest BCUT2D eigenvalue weighted by Gasteiger charge is 2.24. The normalized spacial score (nSPS) is 12.3.